The third-order valence-electron chi connectivity index (χ3n) is 3.84. The molecule has 0 saturated carbocycles. The molecule has 1 atom stereocenters. The van der Waals surface area contributed by atoms with E-state index in [0.717, 1.165) is 19.5 Å². The molecule has 0 radical (unpaired) electrons. The van der Waals surface area contributed by atoms with Crippen molar-refractivity contribution in [3.8, 4) is 11.3 Å². The quantitative estimate of drug-likeness (QED) is 0.891. The van der Waals surface area contributed by atoms with Crippen molar-refractivity contribution < 1.29 is 14.4 Å². The van der Waals surface area contributed by atoms with E-state index in [1.165, 1.54) is 0 Å². The molecule has 2 aromatic rings. The lowest BCUT2D eigenvalue weighted by Gasteiger charge is -2.15. The Morgan fingerprint density at radius 3 is 2.81 bits per heavy atom. The summed E-state index contributed by atoms with van der Waals surface area (Å²) in [6, 6.07) is 9.16. The van der Waals surface area contributed by atoms with Crippen molar-refractivity contribution in [3.63, 3.8) is 0 Å². The fourth-order valence-corrected chi connectivity index (χ4v) is 2.69. The minimum atomic E-state index is -1.03. The minimum absolute atomic E-state index is 0.124. The SMILES string of the molecule is NCC1CCN(c2noc(-c3ccccc3)c2C(=O)O)C1. The Hall–Kier alpha value is -2.34. The molecule has 0 amide bonds. The third-order valence-corrected chi connectivity index (χ3v) is 3.84. The molecule has 0 spiro atoms. The molecule has 3 rings (SSSR count). The van der Waals surface area contributed by atoms with Crippen molar-refractivity contribution in [2.24, 2.45) is 11.7 Å². The number of hydrogen-bond acceptors (Lipinski definition) is 5. The standard InChI is InChI=1S/C15H17N3O3/c16-8-10-6-7-18(9-10)14-12(15(19)20)13(21-17-14)11-4-2-1-3-5-11/h1-5,10H,6-9,16H2,(H,19,20). The second-order valence-corrected chi connectivity index (χ2v) is 5.22. The Morgan fingerprint density at radius 2 is 2.19 bits per heavy atom. The van der Waals surface area contributed by atoms with E-state index in [-0.39, 0.29) is 5.56 Å². The molecule has 6 nitrogen and oxygen atoms in total. The number of carboxylic acids is 1. The first-order valence-electron chi connectivity index (χ1n) is 6.94. The van der Waals surface area contributed by atoms with E-state index in [2.05, 4.69) is 5.16 Å². The van der Waals surface area contributed by atoms with Gasteiger partial charge >= 0.3 is 5.97 Å². The Bertz CT molecular complexity index is 639. The molecule has 1 aliphatic rings. The summed E-state index contributed by atoms with van der Waals surface area (Å²) in [6.07, 6.45) is 0.948. The molecule has 3 N–H and O–H groups in total. The highest BCUT2D eigenvalue weighted by molar-refractivity contribution is 5.99. The second-order valence-electron chi connectivity index (χ2n) is 5.22. The molecule has 110 valence electrons. The summed E-state index contributed by atoms with van der Waals surface area (Å²) in [5, 5.41) is 13.5. The Kier molecular flexibility index (Phi) is 3.62. The number of benzene rings is 1. The number of hydrogen-bond donors (Lipinski definition) is 2. The highest BCUT2D eigenvalue weighted by Crippen LogP contribution is 2.33. The van der Waals surface area contributed by atoms with Crippen LogP contribution in [0.2, 0.25) is 0 Å². The number of anilines is 1. The number of aromatic nitrogens is 1. The van der Waals surface area contributed by atoms with Gasteiger partial charge in [0.1, 0.15) is 0 Å². The minimum Gasteiger partial charge on any atom is -0.477 e. The van der Waals surface area contributed by atoms with Crippen molar-refractivity contribution in [3.05, 3.63) is 35.9 Å². The number of aromatic carboxylic acids is 1. The maximum absolute atomic E-state index is 11.6. The maximum atomic E-state index is 11.6. The molecule has 21 heavy (non-hydrogen) atoms. The van der Waals surface area contributed by atoms with E-state index >= 15 is 0 Å². The van der Waals surface area contributed by atoms with Crippen molar-refractivity contribution in [1.82, 2.24) is 5.16 Å². The molecule has 1 aromatic heterocycles. The zero-order valence-electron chi connectivity index (χ0n) is 11.5. The normalized spacial score (nSPS) is 18.1. The molecule has 0 bridgehead atoms. The largest absolute Gasteiger partial charge is 0.477 e. The van der Waals surface area contributed by atoms with Gasteiger partial charge in [0, 0.05) is 18.7 Å². The topological polar surface area (TPSA) is 92.6 Å². The first kappa shape index (κ1) is 13.6. The fourth-order valence-electron chi connectivity index (χ4n) is 2.69. The average molecular weight is 287 g/mol. The summed E-state index contributed by atoms with van der Waals surface area (Å²) in [5.41, 5.74) is 6.52. The summed E-state index contributed by atoms with van der Waals surface area (Å²) >= 11 is 0. The van der Waals surface area contributed by atoms with Gasteiger partial charge in [-0.25, -0.2) is 4.79 Å². The van der Waals surface area contributed by atoms with Crippen molar-refractivity contribution in [2.45, 2.75) is 6.42 Å². The van der Waals surface area contributed by atoms with E-state index in [9.17, 15) is 9.90 Å². The van der Waals surface area contributed by atoms with Gasteiger partial charge in [0.15, 0.2) is 17.1 Å². The van der Waals surface area contributed by atoms with Gasteiger partial charge in [-0.2, -0.15) is 0 Å². The predicted octanol–water partition coefficient (Wildman–Crippen LogP) is 1.82. The molecule has 1 aliphatic heterocycles. The van der Waals surface area contributed by atoms with E-state index in [4.69, 9.17) is 10.3 Å². The summed E-state index contributed by atoms with van der Waals surface area (Å²) in [7, 11) is 0. The molecule has 6 heteroatoms. The van der Waals surface area contributed by atoms with E-state index in [1.54, 1.807) is 0 Å². The van der Waals surface area contributed by atoms with Crippen LogP contribution in [-0.2, 0) is 0 Å². The van der Waals surface area contributed by atoms with Gasteiger partial charge in [-0.15, -0.1) is 0 Å². The Balaban J connectivity index is 2.00. The first-order chi connectivity index (χ1) is 10.2. The monoisotopic (exact) mass is 287 g/mol. The van der Waals surface area contributed by atoms with Crippen LogP contribution in [0.5, 0.6) is 0 Å². The van der Waals surface area contributed by atoms with Crippen LogP contribution in [0.4, 0.5) is 5.82 Å². The fraction of sp³-hybridized carbons (Fsp3) is 0.333. The van der Waals surface area contributed by atoms with Gasteiger partial charge in [0.25, 0.3) is 0 Å². The van der Waals surface area contributed by atoms with Crippen molar-refractivity contribution in [1.29, 1.82) is 0 Å². The smallest absolute Gasteiger partial charge is 0.343 e. The predicted molar refractivity (Wildman–Crippen MR) is 78.3 cm³/mol. The average Bonchev–Trinajstić information content (AvgIpc) is 3.14. The van der Waals surface area contributed by atoms with Crippen molar-refractivity contribution >= 4 is 11.8 Å². The van der Waals surface area contributed by atoms with Crippen LogP contribution in [-0.4, -0.2) is 35.9 Å². The number of carboxylic acid groups (broad SMARTS) is 1. The first-order valence-corrected chi connectivity index (χ1v) is 6.94. The lowest BCUT2D eigenvalue weighted by molar-refractivity contribution is 0.0698. The summed E-state index contributed by atoms with van der Waals surface area (Å²) in [5.74, 6) is 0.0522. The van der Waals surface area contributed by atoms with Crippen LogP contribution in [0.15, 0.2) is 34.9 Å². The highest BCUT2D eigenvalue weighted by Gasteiger charge is 2.31. The number of nitrogens with zero attached hydrogens (tertiary/aromatic N) is 2. The van der Waals surface area contributed by atoms with Crippen LogP contribution >= 0.6 is 0 Å². The van der Waals surface area contributed by atoms with Gasteiger partial charge in [0.05, 0.1) is 0 Å². The van der Waals surface area contributed by atoms with Gasteiger partial charge in [-0.3, -0.25) is 0 Å². The number of carbonyl (C=O) groups is 1. The molecule has 2 heterocycles. The van der Waals surface area contributed by atoms with Crippen molar-refractivity contribution in [2.75, 3.05) is 24.5 Å². The van der Waals surface area contributed by atoms with E-state index < -0.39 is 5.97 Å². The summed E-state index contributed by atoms with van der Waals surface area (Å²) < 4.78 is 5.32. The molecule has 1 saturated heterocycles. The van der Waals surface area contributed by atoms with Crippen LogP contribution < -0.4 is 10.6 Å². The lowest BCUT2D eigenvalue weighted by Crippen LogP contribution is -2.24. The van der Waals surface area contributed by atoms with E-state index in [1.807, 2.05) is 35.2 Å². The number of nitrogens with two attached hydrogens (primary N) is 1. The lowest BCUT2D eigenvalue weighted by atomic mass is 10.1. The Morgan fingerprint density at radius 1 is 1.43 bits per heavy atom. The summed E-state index contributed by atoms with van der Waals surface area (Å²) in [4.78, 5) is 13.6. The van der Waals surface area contributed by atoms with Crippen LogP contribution in [0.1, 0.15) is 16.8 Å². The summed E-state index contributed by atoms with van der Waals surface area (Å²) in [6.45, 7) is 2.07. The number of rotatable bonds is 4. The highest BCUT2D eigenvalue weighted by atomic mass is 16.5. The van der Waals surface area contributed by atoms with Gasteiger partial charge in [-0.05, 0) is 18.9 Å². The molecular formula is C15H17N3O3. The molecule has 1 fully saturated rings. The zero-order chi connectivity index (χ0) is 14.8. The Labute approximate surface area is 122 Å². The molecular weight excluding hydrogens is 270 g/mol. The maximum Gasteiger partial charge on any atom is 0.343 e. The van der Waals surface area contributed by atoms with E-state index in [0.29, 0.717) is 29.6 Å². The molecule has 1 aromatic carbocycles. The third kappa shape index (κ3) is 2.50. The second kappa shape index (κ2) is 5.57. The zero-order valence-corrected chi connectivity index (χ0v) is 11.5. The van der Waals surface area contributed by atoms with Gasteiger partial charge in [-0.1, -0.05) is 35.5 Å². The van der Waals surface area contributed by atoms with Gasteiger partial charge in [0.2, 0.25) is 0 Å². The van der Waals surface area contributed by atoms with Crippen LogP contribution in [0, 0.1) is 5.92 Å². The molecule has 1 unspecified atom stereocenters. The van der Waals surface area contributed by atoms with Crippen LogP contribution in [0.3, 0.4) is 0 Å². The molecule has 0 aliphatic carbocycles. The van der Waals surface area contributed by atoms with Gasteiger partial charge < -0.3 is 20.3 Å². The van der Waals surface area contributed by atoms with Crippen LogP contribution in [0.25, 0.3) is 11.3 Å².